The van der Waals surface area contributed by atoms with E-state index in [1.807, 2.05) is 6.92 Å². The van der Waals surface area contributed by atoms with Crippen molar-refractivity contribution < 1.29 is 5.11 Å². The molecule has 4 heteroatoms. The van der Waals surface area contributed by atoms with Crippen molar-refractivity contribution >= 4 is 11.7 Å². The van der Waals surface area contributed by atoms with E-state index in [1.165, 1.54) is 0 Å². The van der Waals surface area contributed by atoms with Crippen molar-refractivity contribution in [1.82, 2.24) is 8.75 Å². The number of rotatable bonds is 4. The van der Waals surface area contributed by atoms with Gasteiger partial charge >= 0.3 is 0 Å². The molecule has 0 radical (unpaired) electrons. The van der Waals surface area contributed by atoms with Gasteiger partial charge in [0.15, 0.2) is 0 Å². The van der Waals surface area contributed by atoms with Crippen molar-refractivity contribution in [2.24, 2.45) is 0 Å². The highest BCUT2D eigenvalue weighted by Crippen LogP contribution is 2.19. The number of aliphatic hydroxyl groups excluding tert-OH is 1. The summed E-state index contributed by atoms with van der Waals surface area (Å²) in [7, 11) is 0. The van der Waals surface area contributed by atoms with E-state index in [4.69, 9.17) is 0 Å². The monoisotopic (exact) mass is 184 g/mol. The molecule has 0 saturated carbocycles. The fourth-order valence-corrected chi connectivity index (χ4v) is 1.31. The first kappa shape index (κ1) is 9.35. The molecule has 0 saturated heterocycles. The van der Waals surface area contributed by atoms with E-state index in [9.17, 15) is 5.11 Å². The number of hydrogen-bond acceptors (Lipinski definition) is 4. The fraction of sp³-hybridized carbons (Fsp3) is 0.500. The van der Waals surface area contributed by atoms with Gasteiger partial charge in [0.2, 0.25) is 0 Å². The van der Waals surface area contributed by atoms with E-state index in [2.05, 4.69) is 15.3 Å². The minimum Gasteiger partial charge on any atom is -0.386 e. The van der Waals surface area contributed by atoms with Gasteiger partial charge < -0.3 is 5.11 Å². The van der Waals surface area contributed by atoms with Crippen molar-refractivity contribution in [3.05, 3.63) is 24.0 Å². The van der Waals surface area contributed by atoms with Gasteiger partial charge in [-0.05, 0) is 12.8 Å². The molecule has 0 fully saturated rings. The molecule has 1 N–H and O–H groups in total. The molecule has 66 valence electrons. The first-order valence-electron chi connectivity index (χ1n) is 3.86. The minimum absolute atomic E-state index is 0.531. The molecule has 1 atom stereocenters. The molecule has 0 aromatic carbocycles. The van der Waals surface area contributed by atoms with Gasteiger partial charge in [-0.3, -0.25) is 0 Å². The minimum atomic E-state index is -0.531. The average Bonchev–Trinajstić information content (AvgIpc) is 2.56. The molecule has 0 aliphatic rings. The topological polar surface area (TPSA) is 46.0 Å². The predicted octanol–water partition coefficient (Wildman–Crippen LogP) is 1.93. The van der Waals surface area contributed by atoms with Crippen molar-refractivity contribution in [3.8, 4) is 0 Å². The van der Waals surface area contributed by atoms with Crippen LogP contribution in [-0.4, -0.2) is 13.9 Å². The van der Waals surface area contributed by atoms with Gasteiger partial charge in [0.05, 0.1) is 17.9 Å². The second-order valence-corrected chi connectivity index (χ2v) is 3.21. The highest BCUT2D eigenvalue weighted by atomic mass is 32.1. The lowest BCUT2D eigenvalue weighted by atomic mass is 10.1. The summed E-state index contributed by atoms with van der Waals surface area (Å²) in [5.74, 6) is 0. The summed E-state index contributed by atoms with van der Waals surface area (Å²) >= 11 is 1.11. The van der Waals surface area contributed by atoms with E-state index in [0.717, 1.165) is 23.7 Å². The zero-order valence-electron chi connectivity index (χ0n) is 7.03. The predicted molar refractivity (Wildman–Crippen MR) is 48.9 cm³/mol. The summed E-state index contributed by atoms with van der Waals surface area (Å²) < 4.78 is 7.76. The molecule has 0 aliphatic heterocycles. The third-order valence-electron chi connectivity index (χ3n) is 1.70. The lowest BCUT2D eigenvalue weighted by Gasteiger charge is -2.07. The third-order valence-corrected chi connectivity index (χ3v) is 2.19. The lowest BCUT2D eigenvalue weighted by molar-refractivity contribution is 0.173. The van der Waals surface area contributed by atoms with Crippen LogP contribution in [0.4, 0.5) is 0 Å². The summed E-state index contributed by atoms with van der Waals surface area (Å²) in [4.78, 5) is 0. The maximum Gasteiger partial charge on any atom is 0.103 e. The highest BCUT2D eigenvalue weighted by Gasteiger charge is 2.10. The van der Waals surface area contributed by atoms with Gasteiger partial charge in [-0.1, -0.05) is 19.1 Å². The standard InChI is InChI=1S/C8H12N2OS/c1-3-6(2)4-8(11)7-5-9-12-10-7/h5,8,11H,2-4H2,1H3. The summed E-state index contributed by atoms with van der Waals surface area (Å²) in [6.07, 6.45) is 2.55. The molecule has 3 nitrogen and oxygen atoms in total. The van der Waals surface area contributed by atoms with E-state index in [1.54, 1.807) is 6.20 Å². The first-order chi connectivity index (χ1) is 5.74. The van der Waals surface area contributed by atoms with Crippen LogP contribution in [0.3, 0.4) is 0 Å². The Labute approximate surface area is 76.1 Å². The van der Waals surface area contributed by atoms with Crippen LogP contribution in [-0.2, 0) is 0 Å². The number of aliphatic hydroxyl groups is 1. The molecule has 0 bridgehead atoms. The van der Waals surface area contributed by atoms with Crippen LogP contribution in [0.25, 0.3) is 0 Å². The molecule has 1 rings (SSSR count). The Morgan fingerprint density at radius 2 is 2.58 bits per heavy atom. The molecule has 1 unspecified atom stereocenters. The summed E-state index contributed by atoms with van der Waals surface area (Å²) in [5, 5.41) is 9.55. The smallest absolute Gasteiger partial charge is 0.103 e. The number of nitrogens with zero attached hydrogens (tertiary/aromatic N) is 2. The van der Waals surface area contributed by atoms with Crippen LogP contribution >= 0.6 is 11.7 Å². The molecule has 1 aromatic rings. The lowest BCUT2D eigenvalue weighted by Crippen LogP contribution is -1.98. The molecule has 0 aliphatic carbocycles. The summed E-state index contributed by atoms with van der Waals surface area (Å²) in [6, 6.07) is 0. The van der Waals surface area contributed by atoms with Crippen LogP contribution in [0.1, 0.15) is 31.6 Å². The van der Waals surface area contributed by atoms with Crippen LogP contribution in [0.2, 0.25) is 0 Å². The largest absolute Gasteiger partial charge is 0.386 e. The quantitative estimate of drug-likeness (QED) is 0.727. The molecule has 12 heavy (non-hydrogen) atoms. The van der Waals surface area contributed by atoms with Gasteiger partial charge in [-0.15, -0.1) is 0 Å². The van der Waals surface area contributed by atoms with Crippen molar-refractivity contribution in [2.45, 2.75) is 25.9 Å². The van der Waals surface area contributed by atoms with E-state index < -0.39 is 6.10 Å². The molecule has 0 spiro atoms. The number of hydrogen-bond donors (Lipinski definition) is 1. The number of aromatic nitrogens is 2. The molecule has 1 aromatic heterocycles. The van der Waals surface area contributed by atoms with Gasteiger partial charge in [-0.25, -0.2) is 0 Å². The van der Waals surface area contributed by atoms with Gasteiger partial charge in [0.25, 0.3) is 0 Å². The third kappa shape index (κ3) is 2.39. The van der Waals surface area contributed by atoms with E-state index >= 15 is 0 Å². The Hall–Kier alpha value is -0.740. The Morgan fingerprint density at radius 3 is 3.08 bits per heavy atom. The Balaban J connectivity index is 2.49. The SMILES string of the molecule is C=C(CC)CC(O)c1cnsn1. The normalized spacial score (nSPS) is 12.8. The molecular weight excluding hydrogens is 172 g/mol. The van der Waals surface area contributed by atoms with Gasteiger partial charge in [0.1, 0.15) is 11.8 Å². The second-order valence-electron chi connectivity index (χ2n) is 2.66. The molecular formula is C8H12N2OS. The van der Waals surface area contributed by atoms with E-state index in [0.29, 0.717) is 12.1 Å². The van der Waals surface area contributed by atoms with Crippen LogP contribution in [0, 0.1) is 0 Å². The fourth-order valence-electron chi connectivity index (χ4n) is 0.841. The first-order valence-corrected chi connectivity index (χ1v) is 4.59. The second kappa shape index (κ2) is 4.33. The van der Waals surface area contributed by atoms with Crippen LogP contribution in [0.5, 0.6) is 0 Å². The molecule has 1 heterocycles. The Kier molecular flexibility index (Phi) is 3.37. The van der Waals surface area contributed by atoms with Crippen LogP contribution in [0.15, 0.2) is 18.3 Å². The summed E-state index contributed by atoms with van der Waals surface area (Å²) in [6.45, 7) is 5.84. The van der Waals surface area contributed by atoms with Crippen molar-refractivity contribution in [3.63, 3.8) is 0 Å². The van der Waals surface area contributed by atoms with E-state index in [-0.39, 0.29) is 0 Å². The van der Waals surface area contributed by atoms with Gasteiger partial charge in [-0.2, -0.15) is 8.75 Å². The zero-order chi connectivity index (χ0) is 8.97. The van der Waals surface area contributed by atoms with Crippen LogP contribution < -0.4 is 0 Å². The Morgan fingerprint density at radius 1 is 1.83 bits per heavy atom. The maximum absolute atomic E-state index is 9.55. The summed E-state index contributed by atoms with van der Waals surface area (Å²) in [5.41, 5.74) is 1.69. The Bertz CT molecular complexity index is 246. The van der Waals surface area contributed by atoms with Crippen molar-refractivity contribution in [1.29, 1.82) is 0 Å². The maximum atomic E-state index is 9.55. The van der Waals surface area contributed by atoms with Crippen molar-refractivity contribution in [2.75, 3.05) is 0 Å². The molecule has 0 amide bonds. The highest BCUT2D eigenvalue weighted by molar-refractivity contribution is 6.99. The zero-order valence-corrected chi connectivity index (χ0v) is 7.84. The average molecular weight is 184 g/mol. The van der Waals surface area contributed by atoms with Gasteiger partial charge in [0, 0.05) is 0 Å².